The van der Waals surface area contributed by atoms with Crippen LogP contribution < -0.4 is 15.2 Å². The summed E-state index contributed by atoms with van der Waals surface area (Å²) in [4.78, 5) is 12.6. The third-order valence-corrected chi connectivity index (χ3v) is 5.02. The molecule has 3 aromatic carbocycles. The van der Waals surface area contributed by atoms with E-state index < -0.39 is 16.1 Å². The molecule has 1 amide bonds. The third kappa shape index (κ3) is 4.97. The van der Waals surface area contributed by atoms with Gasteiger partial charge in [0, 0.05) is 5.56 Å². The second-order valence-corrected chi connectivity index (χ2v) is 7.82. The maximum Gasteiger partial charge on any atom is 0.251 e. The van der Waals surface area contributed by atoms with Gasteiger partial charge in [-0.2, -0.15) is 0 Å². The average molecular weight is 396 g/mol. The summed E-state index contributed by atoms with van der Waals surface area (Å²) in [6.07, 6.45) is 0. The first-order chi connectivity index (χ1) is 13.3. The highest BCUT2D eigenvalue weighted by molar-refractivity contribution is 7.89. The van der Waals surface area contributed by atoms with Crippen LogP contribution in [0.25, 0.3) is 0 Å². The molecule has 0 aliphatic rings. The SMILES string of the molecule is C[C@@H](NC(=O)c1cccc(Oc2ccccc2)c1)c1cccc(S(N)(=O)=O)c1. The van der Waals surface area contributed by atoms with Crippen molar-refractivity contribution in [2.45, 2.75) is 17.9 Å². The van der Waals surface area contributed by atoms with Crippen LogP contribution in [0.2, 0.25) is 0 Å². The summed E-state index contributed by atoms with van der Waals surface area (Å²) in [5.74, 6) is 0.919. The van der Waals surface area contributed by atoms with Gasteiger partial charge in [0.25, 0.3) is 5.91 Å². The van der Waals surface area contributed by atoms with Crippen molar-refractivity contribution in [1.82, 2.24) is 5.32 Å². The van der Waals surface area contributed by atoms with Crippen molar-refractivity contribution < 1.29 is 17.9 Å². The van der Waals surface area contributed by atoms with Gasteiger partial charge in [0.2, 0.25) is 10.0 Å². The fourth-order valence-electron chi connectivity index (χ4n) is 2.65. The van der Waals surface area contributed by atoms with E-state index in [0.717, 1.165) is 0 Å². The van der Waals surface area contributed by atoms with Gasteiger partial charge in [0.15, 0.2) is 0 Å². The number of primary sulfonamides is 1. The number of nitrogens with one attached hydrogen (secondary N) is 1. The Balaban J connectivity index is 1.73. The number of amides is 1. The molecule has 7 heteroatoms. The lowest BCUT2D eigenvalue weighted by atomic mass is 10.1. The molecule has 3 aromatic rings. The lowest BCUT2D eigenvalue weighted by Gasteiger charge is -2.15. The van der Waals surface area contributed by atoms with Gasteiger partial charge < -0.3 is 10.1 Å². The summed E-state index contributed by atoms with van der Waals surface area (Å²) in [7, 11) is -3.80. The molecule has 0 aliphatic heterocycles. The molecule has 1 atom stereocenters. The third-order valence-electron chi connectivity index (χ3n) is 4.11. The number of carbonyl (C=O) groups is 1. The standard InChI is InChI=1S/C21H20N2O4S/c1-15(16-7-6-12-20(14-16)28(22,25)26)23-21(24)17-8-5-11-19(13-17)27-18-9-3-2-4-10-18/h2-15H,1H3,(H,23,24)(H2,22,25,26)/t15-/m1/s1. The van der Waals surface area contributed by atoms with E-state index in [-0.39, 0.29) is 10.8 Å². The molecule has 3 rings (SSSR count). The van der Waals surface area contributed by atoms with Crippen LogP contribution >= 0.6 is 0 Å². The van der Waals surface area contributed by atoms with Crippen molar-refractivity contribution >= 4 is 15.9 Å². The van der Waals surface area contributed by atoms with E-state index in [2.05, 4.69) is 5.32 Å². The number of hydrogen-bond donors (Lipinski definition) is 2. The van der Waals surface area contributed by atoms with Crippen molar-refractivity contribution in [3.8, 4) is 11.5 Å². The van der Waals surface area contributed by atoms with Crippen molar-refractivity contribution in [2.24, 2.45) is 5.14 Å². The van der Waals surface area contributed by atoms with Crippen LogP contribution in [0.5, 0.6) is 11.5 Å². The number of carbonyl (C=O) groups excluding carboxylic acids is 1. The summed E-state index contributed by atoms with van der Waals surface area (Å²) in [6.45, 7) is 1.77. The molecular formula is C21H20N2O4S. The van der Waals surface area contributed by atoms with Gasteiger partial charge in [-0.15, -0.1) is 0 Å². The predicted molar refractivity (Wildman–Crippen MR) is 107 cm³/mol. The summed E-state index contributed by atoms with van der Waals surface area (Å²) in [5.41, 5.74) is 1.07. The molecule has 6 nitrogen and oxygen atoms in total. The molecule has 0 radical (unpaired) electrons. The van der Waals surface area contributed by atoms with Gasteiger partial charge in [-0.05, 0) is 55.0 Å². The lowest BCUT2D eigenvalue weighted by Crippen LogP contribution is -2.26. The number of benzene rings is 3. The first-order valence-electron chi connectivity index (χ1n) is 8.59. The Morgan fingerprint density at radius 1 is 0.929 bits per heavy atom. The Hall–Kier alpha value is -3.16. The fraction of sp³-hybridized carbons (Fsp3) is 0.0952. The summed E-state index contributed by atoms with van der Waals surface area (Å²) in [6, 6.07) is 21.9. The van der Waals surface area contributed by atoms with E-state index in [4.69, 9.17) is 9.88 Å². The van der Waals surface area contributed by atoms with Crippen LogP contribution in [-0.2, 0) is 10.0 Å². The monoisotopic (exact) mass is 396 g/mol. The van der Waals surface area contributed by atoms with Crippen molar-refractivity contribution in [3.05, 3.63) is 90.0 Å². The van der Waals surface area contributed by atoms with Crippen molar-refractivity contribution in [2.75, 3.05) is 0 Å². The van der Waals surface area contributed by atoms with Crippen LogP contribution in [0.4, 0.5) is 0 Å². The smallest absolute Gasteiger partial charge is 0.251 e. The summed E-state index contributed by atoms with van der Waals surface area (Å²) >= 11 is 0. The van der Waals surface area contributed by atoms with Crippen molar-refractivity contribution in [1.29, 1.82) is 0 Å². The van der Waals surface area contributed by atoms with E-state index in [1.807, 2.05) is 30.3 Å². The number of hydrogen-bond acceptors (Lipinski definition) is 4. The number of sulfonamides is 1. The van der Waals surface area contributed by atoms with E-state index in [0.29, 0.717) is 22.6 Å². The highest BCUT2D eigenvalue weighted by Crippen LogP contribution is 2.22. The highest BCUT2D eigenvalue weighted by Gasteiger charge is 2.15. The molecule has 0 saturated carbocycles. The Morgan fingerprint density at radius 3 is 2.32 bits per heavy atom. The van der Waals surface area contributed by atoms with E-state index in [1.54, 1.807) is 43.3 Å². The molecule has 0 spiro atoms. The minimum absolute atomic E-state index is 0.00403. The Morgan fingerprint density at radius 2 is 1.61 bits per heavy atom. The molecule has 144 valence electrons. The topological polar surface area (TPSA) is 98.5 Å². The van der Waals surface area contributed by atoms with Gasteiger partial charge in [-0.1, -0.05) is 36.4 Å². The molecule has 0 heterocycles. The fourth-order valence-corrected chi connectivity index (χ4v) is 3.22. The van der Waals surface area contributed by atoms with E-state index in [1.165, 1.54) is 12.1 Å². The quantitative estimate of drug-likeness (QED) is 0.665. The molecule has 0 aromatic heterocycles. The summed E-state index contributed by atoms with van der Waals surface area (Å²) in [5, 5.41) is 8.02. The Kier molecular flexibility index (Phi) is 5.77. The molecule has 0 fully saturated rings. The van der Waals surface area contributed by atoms with Crippen molar-refractivity contribution in [3.63, 3.8) is 0 Å². The molecule has 0 unspecified atom stereocenters. The van der Waals surface area contributed by atoms with Gasteiger partial charge in [0.1, 0.15) is 11.5 Å². The van der Waals surface area contributed by atoms with Crippen LogP contribution in [0, 0.1) is 0 Å². The molecule has 28 heavy (non-hydrogen) atoms. The van der Waals surface area contributed by atoms with Crippen LogP contribution in [0.15, 0.2) is 83.8 Å². The number of para-hydroxylation sites is 1. The largest absolute Gasteiger partial charge is 0.457 e. The van der Waals surface area contributed by atoms with Gasteiger partial charge >= 0.3 is 0 Å². The van der Waals surface area contributed by atoms with Crippen LogP contribution in [0.3, 0.4) is 0 Å². The van der Waals surface area contributed by atoms with E-state index >= 15 is 0 Å². The Labute approximate surface area is 164 Å². The number of ether oxygens (including phenoxy) is 1. The molecular weight excluding hydrogens is 376 g/mol. The molecule has 0 aliphatic carbocycles. The first-order valence-corrected chi connectivity index (χ1v) is 10.1. The second-order valence-electron chi connectivity index (χ2n) is 6.26. The minimum Gasteiger partial charge on any atom is -0.457 e. The van der Waals surface area contributed by atoms with Gasteiger partial charge in [-0.3, -0.25) is 4.79 Å². The van der Waals surface area contributed by atoms with Gasteiger partial charge in [-0.25, -0.2) is 13.6 Å². The molecule has 0 bridgehead atoms. The maximum atomic E-state index is 12.6. The highest BCUT2D eigenvalue weighted by atomic mass is 32.2. The average Bonchev–Trinajstić information content (AvgIpc) is 2.68. The maximum absolute atomic E-state index is 12.6. The summed E-state index contributed by atoms with van der Waals surface area (Å²) < 4.78 is 28.8. The number of rotatable bonds is 6. The predicted octanol–water partition coefficient (Wildman–Crippen LogP) is 3.62. The second kappa shape index (κ2) is 8.24. The number of nitrogens with two attached hydrogens (primary N) is 1. The zero-order valence-electron chi connectivity index (χ0n) is 15.2. The Bertz CT molecular complexity index is 1080. The van der Waals surface area contributed by atoms with Crippen LogP contribution in [0.1, 0.15) is 28.9 Å². The normalized spacial score (nSPS) is 12.2. The first kappa shape index (κ1) is 19.6. The minimum atomic E-state index is -3.80. The van der Waals surface area contributed by atoms with E-state index in [9.17, 15) is 13.2 Å². The molecule has 0 saturated heterocycles. The van der Waals surface area contributed by atoms with Crippen LogP contribution in [-0.4, -0.2) is 14.3 Å². The van der Waals surface area contributed by atoms with Gasteiger partial charge in [0.05, 0.1) is 10.9 Å². The lowest BCUT2D eigenvalue weighted by molar-refractivity contribution is 0.0939. The zero-order valence-corrected chi connectivity index (χ0v) is 16.0. The molecule has 3 N–H and O–H groups in total. The zero-order chi connectivity index (χ0) is 20.1.